The molecule has 0 unspecified atom stereocenters. The molecule has 1 heterocycles. The van der Waals surface area contributed by atoms with Crippen LogP contribution in [0.1, 0.15) is 24.5 Å². The smallest absolute Gasteiger partial charge is 0.0675 e. The van der Waals surface area contributed by atoms with Gasteiger partial charge in [-0.2, -0.15) is 5.10 Å². The first-order valence-electron chi connectivity index (χ1n) is 4.79. The highest BCUT2D eigenvalue weighted by Gasteiger charge is 2.09. The van der Waals surface area contributed by atoms with Crippen molar-refractivity contribution in [3.05, 3.63) is 35.4 Å². The van der Waals surface area contributed by atoms with Crippen LogP contribution in [0.3, 0.4) is 0 Å². The van der Waals surface area contributed by atoms with Gasteiger partial charge in [0.05, 0.1) is 5.71 Å². The molecule has 1 aromatic carbocycles. The molecule has 2 heteroatoms. The molecule has 1 aromatic rings. The summed E-state index contributed by atoms with van der Waals surface area (Å²) in [6.07, 6.45) is 2.06. The van der Waals surface area contributed by atoms with Crippen LogP contribution in [-0.2, 0) is 6.42 Å². The summed E-state index contributed by atoms with van der Waals surface area (Å²) in [4.78, 5) is 0. The molecule has 0 fully saturated rings. The Kier molecular flexibility index (Phi) is 2.30. The van der Waals surface area contributed by atoms with Gasteiger partial charge in [0, 0.05) is 12.1 Å². The maximum Gasteiger partial charge on any atom is 0.0675 e. The normalized spacial score (nSPS) is 15.3. The van der Waals surface area contributed by atoms with Crippen molar-refractivity contribution >= 4 is 5.71 Å². The van der Waals surface area contributed by atoms with Crippen molar-refractivity contribution in [1.29, 1.82) is 0 Å². The van der Waals surface area contributed by atoms with E-state index in [0.717, 1.165) is 19.4 Å². The zero-order chi connectivity index (χ0) is 9.10. The van der Waals surface area contributed by atoms with Gasteiger partial charge < -0.3 is 5.43 Å². The lowest BCUT2D eigenvalue weighted by Crippen LogP contribution is -2.08. The summed E-state index contributed by atoms with van der Waals surface area (Å²) < 4.78 is 0. The van der Waals surface area contributed by atoms with Gasteiger partial charge in [0.1, 0.15) is 0 Å². The second kappa shape index (κ2) is 3.60. The lowest BCUT2D eigenvalue weighted by molar-refractivity contribution is 0.739. The number of hydrogen-bond acceptors (Lipinski definition) is 2. The quantitative estimate of drug-likeness (QED) is 0.691. The van der Waals surface area contributed by atoms with Crippen molar-refractivity contribution in [2.45, 2.75) is 19.8 Å². The fourth-order valence-electron chi connectivity index (χ4n) is 1.69. The minimum absolute atomic E-state index is 0.945. The number of benzene rings is 1. The van der Waals surface area contributed by atoms with Gasteiger partial charge in [0.15, 0.2) is 0 Å². The molecule has 0 atom stereocenters. The van der Waals surface area contributed by atoms with E-state index >= 15 is 0 Å². The third kappa shape index (κ3) is 1.57. The fraction of sp³-hybridized carbons (Fsp3) is 0.364. The Morgan fingerprint density at radius 3 is 3.08 bits per heavy atom. The van der Waals surface area contributed by atoms with E-state index in [0.29, 0.717) is 0 Å². The average Bonchev–Trinajstić information content (AvgIpc) is 2.39. The standard InChI is InChI=1S/C11H14N2/c1-2-11-10-6-4-3-5-9(10)7-8-12-13-11/h3-6,12H,2,7-8H2,1H3. The molecule has 0 bridgehead atoms. The summed E-state index contributed by atoms with van der Waals surface area (Å²) in [5, 5.41) is 4.35. The molecule has 0 aliphatic carbocycles. The van der Waals surface area contributed by atoms with E-state index < -0.39 is 0 Å². The molecule has 13 heavy (non-hydrogen) atoms. The highest BCUT2D eigenvalue weighted by molar-refractivity contribution is 6.01. The van der Waals surface area contributed by atoms with Crippen molar-refractivity contribution in [2.24, 2.45) is 5.10 Å². The molecule has 0 saturated heterocycles. The third-order valence-electron chi connectivity index (χ3n) is 2.38. The molecule has 0 saturated carbocycles. The van der Waals surface area contributed by atoms with E-state index in [1.54, 1.807) is 0 Å². The summed E-state index contributed by atoms with van der Waals surface area (Å²) in [5.41, 5.74) is 6.98. The Bertz CT molecular complexity index is 329. The van der Waals surface area contributed by atoms with Crippen LogP contribution >= 0.6 is 0 Å². The van der Waals surface area contributed by atoms with E-state index in [9.17, 15) is 0 Å². The van der Waals surface area contributed by atoms with Crippen LogP contribution in [0.5, 0.6) is 0 Å². The number of rotatable bonds is 1. The minimum Gasteiger partial charge on any atom is -0.309 e. The topological polar surface area (TPSA) is 24.4 Å². The third-order valence-corrected chi connectivity index (χ3v) is 2.38. The van der Waals surface area contributed by atoms with E-state index in [1.807, 2.05) is 0 Å². The molecule has 1 N–H and O–H groups in total. The Balaban J connectivity index is 2.47. The Morgan fingerprint density at radius 2 is 2.23 bits per heavy atom. The van der Waals surface area contributed by atoms with Gasteiger partial charge in [0.25, 0.3) is 0 Å². The summed E-state index contributed by atoms with van der Waals surface area (Å²) in [6.45, 7) is 3.09. The highest BCUT2D eigenvalue weighted by Crippen LogP contribution is 2.14. The first-order chi connectivity index (χ1) is 6.42. The SMILES string of the molecule is CCC1=NNCCc2ccccc21. The van der Waals surface area contributed by atoms with E-state index in [2.05, 4.69) is 41.7 Å². The Labute approximate surface area is 78.7 Å². The Hall–Kier alpha value is -1.31. The van der Waals surface area contributed by atoms with E-state index in [4.69, 9.17) is 0 Å². The van der Waals surface area contributed by atoms with Crippen LogP contribution in [-0.4, -0.2) is 12.3 Å². The maximum atomic E-state index is 4.35. The zero-order valence-corrected chi connectivity index (χ0v) is 7.88. The van der Waals surface area contributed by atoms with Crippen molar-refractivity contribution in [1.82, 2.24) is 5.43 Å². The van der Waals surface area contributed by atoms with Gasteiger partial charge in [-0.15, -0.1) is 0 Å². The summed E-state index contributed by atoms with van der Waals surface area (Å²) in [6, 6.07) is 8.52. The lowest BCUT2D eigenvalue weighted by atomic mass is 10.00. The van der Waals surface area contributed by atoms with Gasteiger partial charge >= 0.3 is 0 Å². The second-order valence-electron chi connectivity index (χ2n) is 3.23. The zero-order valence-electron chi connectivity index (χ0n) is 7.88. The summed E-state index contributed by atoms with van der Waals surface area (Å²) in [5.74, 6) is 0. The molecule has 1 aliphatic heterocycles. The second-order valence-corrected chi connectivity index (χ2v) is 3.23. The van der Waals surface area contributed by atoms with Gasteiger partial charge in [-0.05, 0) is 18.4 Å². The van der Waals surface area contributed by atoms with Gasteiger partial charge in [0.2, 0.25) is 0 Å². The van der Waals surface area contributed by atoms with Gasteiger partial charge in [-0.25, -0.2) is 0 Å². The number of fused-ring (bicyclic) bond motifs is 1. The molecule has 0 aromatic heterocycles. The van der Waals surface area contributed by atoms with Crippen molar-refractivity contribution < 1.29 is 0 Å². The predicted octanol–water partition coefficient (Wildman–Crippen LogP) is 1.95. The van der Waals surface area contributed by atoms with Crippen molar-refractivity contribution in [3.8, 4) is 0 Å². The van der Waals surface area contributed by atoms with Crippen LogP contribution in [0.15, 0.2) is 29.4 Å². The average molecular weight is 174 g/mol. The van der Waals surface area contributed by atoms with Crippen LogP contribution in [0.25, 0.3) is 0 Å². The first kappa shape index (κ1) is 8.30. The van der Waals surface area contributed by atoms with Crippen LogP contribution < -0.4 is 5.43 Å². The largest absolute Gasteiger partial charge is 0.309 e. The first-order valence-corrected chi connectivity index (χ1v) is 4.79. The highest BCUT2D eigenvalue weighted by atomic mass is 15.3. The molecule has 0 radical (unpaired) electrons. The molecular weight excluding hydrogens is 160 g/mol. The van der Waals surface area contributed by atoms with Crippen LogP contribution in [0.4, 0.5) is 0 Å². The van der Waals surface area contributed by atoms with E-state index in [1.165, 1.54) is 16.8 Å². The molecule has 0 spiro atoms. The van der Waals surface area contributed by atoms with Gasteiger partial charge in [-0.1, -0.05) is 31.2 Å². The van der Waals surface area contributed by atoms with Gasteiger partial charge in [-0.3, -0.25) is 0 Å². The lowest BCUT2D eigenvalue weighted by Gasteiger charge is -2.05. The number of nitrogens with zero attached hydrogens (tertiary/aromatic N) is 1. The maximum absolute atomic E-state index is 4.35. The monoisotopic (exact) mass is 174 g/mol. The van der Waals surface area contributed by atoms with Crippen molar-refractivity contribution in [3.63, 3.8) is 0 Å². The molecule has 1 aliphatic rings. The molecule has 68 valence electrons. The number of nitrogens with one attached hydrogen (secondary N) is 1. The fourth-order valence-corrected chi connectivity index (χ4v) is 1.69. The number of hydrazone groups is 1. The van der Waals surface area contributed by atoms with Crippen molar-refractivity contribution in [2.75, 3.05) is 6.54 Å². The summed E-state index contributed by atoms with van der Waals surface area (Å²) >= 11 is 0. The molecular formula is C11H14N2. The number of hydrogen-bond donors (Lipinski definition) is 1. The predicted molar refractivity (Wildman–Crippen MR) is 55.0 cm³/mol. The molecule has 2 rings (SSSR count). The van der Waals surface area contributed by atoms with Crippen LogP contribution in [0, 0.1) is 0 Å². The van der Waals surface area contributed by atoms with Crippen LogP contribution in [0.2, 0.25) is 0 Å². The van der Waals surface area contributed by atoms with E-state index in [-0.39, 0.29) is 0 Å². The molecule has 2 nitrogen and oxygen atoms in total. The molecule has 0 amide bonds. The summed E-state index contributed by atoms with van der Waals surface area (Å²) in [7, 11) is 0. The minimum atomic E-state index is 0.945. The Morgan fingerprint density at radius 1 is 1.38 bits per heavy atom.